The van der Waals surface area contributed by atoms with Crippen LogP contribution in [0.5, 0.6) is 0 Å². The Hall–Kier alpha value is -1.40. The first-order valence-corrected chi connectivity index (χ1v) is 8.21. The molecule has 4 atom stereocenters. The van der Waals surface area contributed by atoms with Crippen molar-refractivity contribution in [2.75, 3.05) is 6.61 Å². The van der Waals surface area contributed by atoms with Crippen molar-refractivity contribution in [1.82, 2.24) is 14.9 Å². The number of ether oxygens (including phenoxy) is 2. The highest BCUT2D eigenvalue weighted by Crippen LogP contribution is 2.28. The Labute approximate surface area is 131 Å². The summed E-state index contributed by atoms with van der Waals surface area (Å²) in [6, 6.07) is 0.144. The molecule has 3 rings (SSSR count). The number of nitrogens with zero attached hydrogens (tertiary/aromatic N) is 2. The van der Waals surface area contributed by atoms with Gasteiger partial charge in [-0.3, -0.25) is 4.79 Å². The van der Waals surface area contributed by atoms with Crippen LogP contribution >= 0.6 is 0 Å². The first kappa shape index (κ1) is 15.5. The van der Waals surface area contributed by atoms with Gasteiger partial charge in [0.15, 0.2) is 0 Å². The van der Waals surface area contributed by atoms with Crippen LogP contribution in [0.15, 0.2) is 12.5 Å². The number of carbonyl (C=O) groups excluding carboxylic acids is 1. The maximum Gasteiger partial charge on any atom is 0.249 e. The van der Waals surface area contributed by atoms with Crippen LogP contribution in [0.4, 0.5) is 0 Å². The zero-order valence-corrected chi connectivity index (χ0v) is 13.3. The van der Waals surface area contributed by atoms with E-state index >= 15 is 0 Å². The third-order valence-corrected chi connectivity index (χ3v) is 4.67. The molecule has 2 aliphatic rings. The van der Waals surface area contributed by atoms with Gasteiger partial charge in [-0.2, -0.15) is 0 Å². The summed E-state index contributed by atoms with van der Waals surface area (Å²) in [5, 5.41) is 3.14. The molecule has 1 amide bonds. The molecule has 0 bridgehead atoms. The van der Waals surface area contributed by atoms with Crippen LogP contribution in [0.3, 0.4) is 0 Å². The highest BCUT2D eigenvalue weighted by atomic mass is 16.5. The third-order valence-electron chi connectivity index (χ3n) is 4.67. The molecule has 6 heteroatoms. The van der Waals surface area contributed by atoms with Gasteiger partial charge in [-0.25, -0.2) is 4.98 Å². The Morgan fingerprint density at radius 3 is 3.00 bits per heavy atom. The van der Waals surface area contributed by atoms with E-state index in [1.807, 2.05) is 17.8 Å². The predicted octanol–water partition coefficient (Wildman–Crippen LogP) is 1.71. The minimum atomic E-state index is -0.275. The van der Waals surface area contributed by atoms with Crippen molar-refractivity contribution in [3.63, 3.8) is 0 Å². The number of imidazole rings is 1. The molecule has 3 heterocycles. The van der Waals surface area contributed by atoms with E-state index in [4.69, 9.17) is 9.47 Å². The lowest BCUT2D eigenvalue weighted by molar-refractivity contribution is -0.134. The Morgan fingerprint density at radius 1 is 1.45 bits per heavy atom. The number of rotatable bonds is 4. The summed E-state index contributed by atoms with van der Waals surface area (Å²) < 4.78 is 13.6. The lowest BCUT2D eigenvalue weighted by Gasteiger charge is -2.30. The molecule has 0 aromatic carbocycles. The zero-order valence-electron chi connectivity index (χ0n) is 13.3. The van der Waals surface area contributed by atoms with Crippen molar-refractivity contribution in [3.8, 4) is 0 Å². The average Bonchev–Trinajstić information content (AvgIpc) is 3.16. The Morgan fingerprint density at radius 2 is 2.32 bits per heavy atom. The fourth-order valence-corrected chi connectivity index (χ4v) is 3.30. The van der Waals surface area contributed by atoms with Gasteiger partial charge in [0.1, 0.15) is 12.2 Å². The number of hydrogen-bond acceptors (Lipinski definition) is 4. The standard InChI is InChI=1S/C16H25N3O3/c1-3-12-4-5-14(22-12)16(20)18-11-6-7-21-15(8-11)13-9-17-10-19(13)2/h9-12,14-15H,3-8H2,1-2H3,(H,18,20)/t11-,12+,14+,15+/m0/s1. The Kier molecular flexibility index (Phi) is 4.78. The molecule has 1 N–H and O–H groups in total. The number of hydrogen-bond donors (Lipinski definition) is 1. The van der Waals surface area contributed by atoms with Crippen LogP contribution in [-0.4, -0.2) is 40.3 Å². The maximum atomic E-state index is 12.3. The highest BCUT2D eigenvalue weighted by Gasteiger charge is 2.32. The second-order valence-corrected chi connectivity index (χ2v) is 6.25. The summed E-state index contributed by atoms with van der Waals surface area (Å²) in [6.45, 7) is 2.76. The molecule has 0 aliphatic carbocycles. The summed E-state index contributed by atoms with van der Waals surface area (Å²) in [5.41, 5.74) is 1.06. The summed E-state index contributed by atoms with van der Waals surface area (Å²) in [6.07, 6.45) is 8.01. The number of nitrogens with one attached hydrogen (secondary N) is 1. The van der Waals surface area contributed by atoms with E-state index < -0.39 is 0 Å². The monoisotopic (exact) mass is 307 g/mol. The summed E-state index contributed by atoms with van der Waals surface area (Å²) in [7, 11) is 1.96. The fraction of sp³-hybridized carbons (Fsp3) is 0.750. The Balaban J connectivity index is 1.54. The first-order chi connectivity index (χ1) is 10.7. The van der Waals surface area contributed by atoms with Crippen LogP contribution < -0.4 is 5.32 Å². The van der Waals surface area contributed by atoms with E-state index in [0.717, 1.165) is 37.8 Å². The second-order valence-electron chi connectivity index (χ2n) is 6.25. The van der Waals surface area contributed by atoms with Crippen molar-refractivity contribution in [3.05, 3.63) is 18.2 Å². The highest BCUT2D eigenvalue weighted by molar-refractivity contribution is 5.81. The molecule has 0 spiro atoms. The lowest BCUT2D eigenvalue weighted by atomic mass is 10.0. The summed E-state index contributed by atoms with van der Waals surface area (Å²) in [4.78, 5) is 16.5. The molecule has 0 radical (unpaired) electrons. The van der Waals surface area contributed by atoms with Crippen LogP contribution in [0, 0.1) is 0 Å². The van der Waals surface area contributed by atoms with Crippen molar-refractivity contribution in [2.24, 2.45) is 7.05 Å². The molecule has 1 aromatic rings. The van der Waals surface area contributed by atoms with Crippen LogP contribution in [0.25, 0.3) is 0 Å². The molecule has 22 heavy (non-hydrogen) atoms. The number of aryl methyl sites for hydroxylation is 1. The second kappa shape index (κ2) is 6.79. The quantitative estimate of drug-likeness (QED) is 0.920. The molecule has 6 nitrogen and oxygen atoms in total. The zero-order chi connectivity index (χ0) is 15.5. The van der Waals surface area contributed by atoms with Gasteiger partial charge in [-0.05, 0) is 32.1 Å². The van der Waals surface area contributed by atoms with E-state index in [0.29, 0.717) is 6.61 Å². The predicted molar refractivity (Wildman–Crippen MR) is 81.3 cm³/mol. The van der Waals surface area contributed by atoms with Gasteiger partial charge in [-0.15, -0.1) is 0 Å². The van der Waals surface area contributed by atoms with Gasteiger partial charge in [-0.1, -0.05) is 6.92 Å². The molecule has 0 saturated carbocycles. The summed E-state index contributed by atoms with van der Waals surface area (Å²) >= 11 is 0. The SMILES string of the molecule is CC[C@@H]1CC[C@H](C(=O)N[C@H]2CCO[C@@H](c3cncn3C)C2)O1. The number of amides is 1. The molecular weight excluding hydrogens is 282 g/mol. The largest absolute Gasteiger partial charge is 0.372 e. The molecule has 2 aliphatic heterocycles. The van der Waals surface area contributed by atoms with E-state index in [-0.39, 0.29) is 30.3 Å². The van der Waals surface area contributed by atoms with E-state index in [1.54, 1.807) is 6.33 Å². The maximum absolute atomic E-state index is 12.3. The number of aromatic nitrogens is 2. The summed E-state index contributed by atoms with van der Waals surface area (Å²) in [5.74, 6) is 0.0339. The lowest BCUT2D eigenvalue weighted by Crippen LogP contribution is -2.44. The number of carbonyl (C=O) groups is 1. The van der Waals surface area contributed by atoms with Gasteiger partial charge in [0.25, 0.3) is 0 Å². The topological polar surface area (TPSA) is 65.4 Å². The Bertz CT molecular complexity index is 516. The molecular formula is C16H25N3O3. The fourth-order valence-electron chi connectivity index (χ4n) is 3.30. The smallest absolute Gasteiger partial charge is 0.249 e. The van der Waals surface area contributed by atoms with Crippen LogP contribution in [0.2, 0.25) is 0 Å². The normalized spacial score (nSPS) is 32.1. The van der Waals surface area contributed by atoms with E-state index in [2.05, 4.69) is 17.2 Å². The van der Waals surface area contributed by atoms with E-state index in [9.17, 15) is 4.79 Å². The van der Waals surface area contributed by atoms with Gasteiger partial charge < -0.3 is 19.4 Å². The molecule has 0 unspecified atom stereocenters. The average molecular weight is 307 g/mol. The molecule has 2 fully saturated rings. The molecule has 122 valence electrons. The van der Waals surface area contributed by atoms with E-state index in [1.165, 1.54) is 0 Å². The van der Waals surface area contributed by atoms with Gasteiger partial charge in [0, 0.05) is 19.7 Å². The van der Waals surface area contributed by atoms with Gasteiger partial charge in [0.05, 0.1) is 24.3 Å². The van der Waals surface area contributed by atoms with Crippen molar-refractivity contribution >= 4 is 5.91 Å². The molecule has 1 aromatic heterocycles. The van der Waals surface area contributed by atoms with Crippen molar-refractivity contribution in [1.29, 1.82) is 0 Å². The third kappa shape index (κ3) is 3.33. The van der Waals surface area contributed by atoms with Gasteiger partial charge in [0.2, 0.25) is 5.91 Å². The van der Waals surface area contributed by atoms with Crippen molar-refractivity contribution < 1.29 is 14.3 Å². The minimum absolute atomic E-state index is 0.000522. The van der Waals surface area contributed by atoms with Crippen molar-refractivity contribution in [2.45, 2.75) is 63.4 Å². The molecule has 2 saturated heterocycles. The van der Waals surface area contributed by atoms with Gasteiger partial charge >= 0.3 is 0 Å². The van der Waals surface area contributed by atoms with Crippen LogP contribution in [-0.2, 0) is 21.3 Å². The minimum Gasteiger partial charge on any atom is -0.372 e. The first-order valence-electron chi connectivity index (χ1n) is 8.21. The van der Waals surface area contributed by atoms with Crippen LogP contribution in [0.1, 0.15) is 50.8 Å².